The summed E-state index contributed by atoms with van der Waals surface area (Å²) in [7, 11) is -0.784. The maximum atomic E-state index is 11.4. The normalized spacial score (nSPS) is 12.4. The Hall–Kier alpha value is -2.49. The third-order valence-electron chi connectivity index (χ3n) is 5.64. The number of aryl methyl sites for hydroxylation is 1. The lowest BCUT2D eigenvalue weighted by Gasteiger charge is -2.38. The Morgan fingerprint density at radius 3 is 1.87 bits per heavy atom. The molecule has 0 atom stereocenters. The molecule has 2 nitrogen and oxygen atoms in total. The number of rotatable bonds is 10. The highest BCUT2D eigenvalue weighted by atomic mass is 28.2. The van der Waals surface area contributed by atoms with Crippen molar-refractivity contribution in [2.24, 2.45) is 0 Å². The predicted octanol–water partition coefficient (Wildman–Crippen LogP) is 6.47. The molecule has 3 aromatic carbocycles. The fraction of sp³-hybridized carbons (Fsp3) is 0.321. The molecule has 31 heavy (non-hydrogen) atoms. The molecule has 0 saturated heterocycles. The van der Waals surface area contributed by atoms with Crippen LogP contribution in [0.25, 0.3) is 0 Å². The summed E-state index contributed by atoms with van der Waals surface area (Å²) in [5, 5.41) is 0.206. The van der Waals surface area contributed by atoms with E-state index >= 15 is 0 Å². The first-order valence-corrected chi connectivity index (χ1v) is 12.5. The Balaban J connectivity index is 1.86. The maximum Gasteiger partial charge on any atom is 0.168 e. The molecule has 0 bridgehead atoms. The van der Waals surface area contributed by atoms with Crippen molar-refractivity contribution in [1.82, 2.24) is 0 Å². The van der Waals surface area contributed by atoms with Gasteiger partial charge in [0.15, 0.2) is 9.76 Å². The van der Waals surface area contributed by atoms with E-state index in [2.05, 4.69) is 87.5 Å². The van der Waals surface area contributed by atoms with Crippen molar-refractivity contribution in [2.45, 2.75) is 57.1 Å². The molecule has 0 aliphatic rings. The molecule has 0 aromatic heterocycles. The summed E-state index contributed by atoms with van der Waals surface area (Å²) in [4.78, 5) is 11.4. The van der Waals surface area contributed by atoms with Crippen molar-refractivity contribution in [2.75, 3.05) is 0 Å². The van der Waals surface area contributed by atoms with Gasteiger partial charge in [0, 0.05) is 5.56 Å². The molecular weight excluding hydrogens is 396 g/mol. The van der Waals surface area contributed by atoms with Gasteiger partial charge in [0.05, 0.1) is 0 Å². The van der Waals surface area contributed by atoms with Gasteiger partial charge in [0.2, 0.25) is 0 Å². The van der Waals surface area contributed by atoms with Crippen LogP contribution in [0.5, 0.6) is 0 Å². The first-order valence-electron chi connectivity index (χ1n) is 11.2. The van der Waals surface area contributed by atoms with Crippen LogP contribution in [-0.4, -0.2) is 16.0 Å². The standard InChI is InChI=1S/C28H34O2Si/c1-27(2,3)31-30-28(25-17-6-4-7-18-25,26-19-8-5-9-20-26)21-13-12-15-23-14-10-11-16-24(23)22-29/h4-11,14,16-20,22H,12-13,15,21,31H2,1-3H3. The molecule has 0 aliphatic heterocycles. The molecule has 162 valence electrons. The van der Waals surface area contributed by atoms with Gasteiger partial charge in [-0.3, -0.25) is 4.79 Å². The topological polar surface area (TPSA) is 26.3 Å². The average molecular weight is 431 g/mol. The van der Waals surface area contributed by atoms with Gasteiger partial charge >= 0.3 is 0 Å². The van der Waals surface area contributed by atoms with Crippen molar-refractivity contribution < 1.29 is 9.22 Å². The number of carbonyl (C=O) groups excluding carboxylic acids is 1. The highest BCUT2D eigenvalue weighted by Gasteiger charge is 2.35. The van der Waals surface area contributed by atoms with Gasteiger partial charge in [-0.25, -0.2) is 0 Å². The summed E-state index contributed by atoms with van der Waals surface area (Å²) in [5.41, 5.74) is 3.97. The minimum absolute atomic E-state index is 0.206. The van der Waals surface area contributed by atoms with Gasteiger partial charge in [-0.1, -0.05) is 106 Å². The first-order chi connectivity index (χ1) is 14.9. The first kappa shape index (κ1) is 23.2. The van der Waals surface area contributed by atoms with E-state index in [1.165, 1.54) is 11.1 Å². The van der Waals surface area contributed by atoms with Crippen LogP contribution in [-0.2, 0) is 16.4 Å². The maximum absolute atomic E-state index is 11.4. The minimum Gasteiger partial charge on any atom is -0.410 e. The molecule has 3 rings (SSSR count). The number of aldehydes is 1. The highest BCUT2D eigenvalue weighted by Crippen LogP contribution is 2.40. The lowest BCUT2D eigenvalue weighted by Crippen LogP contribution is -2.35. The lowest BCUT2D eigenvalue weighted by atomic mass is 9.82. The predicted molar refractivity (Wildman–Crippen MR) is 132 cm³/mol. The van der Waals surface area contributed by atoms with Crippen LogP contribution in [0.4, 0.5) is 0 Å². The van der Waals surface area contributed by atoms with Gasteiger partial charge in [-0.05, 0) is 47.4 Å². The summed E-state index contributed by atoms with van der Waals surface area (Å²) in [5.74, 6) is 0. The number of hydrogen-bond acceptors (Lipinski definition) is 2. The summed E-state index contributed by atoms with van der Waals surface area (Å²) < 4.78 is 6.95. The molecule has 0 radical (unpaired) electrons. The molecule has 0 unspecified atom stereocenters. The molecule has 0 amide bonds. The Bertz CT molecular complexity index is 906. The van der Waals surface area contributed by atoms with Crippen LogP contribution < -0.4 is 0 Å². The number of carbonyl (C=O) groups is 1. The summed E-state index contributed by atoms with van der Waals surface area (Å²) in [6.07, 6.45) is 4.84. The van der Waals surface area contributed by atoms with Crippen molar-refractivity contribution >= 4 is 16.0 Å². The smallest absolute Gasteiger partial charge is 0.168 e. The van der Waals surface area contributed by atoms with Gasteiger partial charge < -0.3 is 4.43 Å². The second kappa shape index (κ2) is 10.7. The Morgan fingerprint density at radius 2 is 1.32 bits per heavy atom. The van der Waals surface area contributed by atoms with Gasteiger partial charge in [0.1, 0.15) is 11.9 Å². The zero-order chi connectivity index (χ0) is 22.2. The Morgan fingerprint density at radius 1 is 0.774 bits per heavy atom. The van der Waals surface area contributed by atoms with E-state index < -0.39 is 15.4 Å². The van der Waals surface area contributed by atoms with E-state index in [-0.39, 0.29) is 5.04 Å². The van der Waals surface area contributed by atoms with E-state index in [0.29, 0.717) is 0 Å². The van der Waals surface area contributed by atoms with Crippen LogP contribution in [0.1, 0.15) is 67.1 Å². The largest absolute Gasteiger partial charge is 0.410 e. The quantitative estimate of drug-likeness (QED) is 0.209. The van der Waals surface area contributed by atoms with Crippen molar-refractivity contribution in [3.8, 4) is 0 Å². The minimum atomic E-state index is -0.784. The SMILES string of the molecule is CC(C)(C)[SiH2]OC(CCCCc1ccccc1C=O)(c1ccccc1)c1ccccc1. The van der Waals surface area contributed by atoms with Gasteiger partial charge in [-0.2, -0.15) is 0 Å². The molecule has 3 heteroatoms. The zero-order valence-corrected chi connectivity index (χ0v) is 20.4. The van der Waals surface area contributed by atoms with Crippen LogP contribution in [0, 0.1) is 0 Å². The molecule has 0 saturated carbocycles. The lowest BCUT2D eigenvalue weighted by molar-refractivity contribution is 0.0974. The second-order valence-electron chi connectivity index (χ2n) is 9.43. The van der Waals surface area contributed by atoms with E-state index in [1.807, 2.05) is 18.2 Å². The zero-order valence-electron chi connectivity index (χ0n) is 19.0. The number of hydrogen-bond donors (Lipinski definition) is 0. The van der Waals surface area contributed by atoms with Crippen molar-refractivity contribution in [3.63, 3.8) is 0 Å². The van der Waals surface area contributed by atoms with Crippen molar-refractivity contribution in [3.05, 3.63) is 107 Å². The summed E-state index contributed by atoms with van der Waals surface area (Å²) >= 11 is 0. The average Bonchev–Trinajstić information content (AvgIpc) is 2.79. The van der Waals surface area contributed by atoms with Crippen LogP contribution in [0.3, 0.4) is 0 Å². The molecule has 0 aliphatic carbocycles. The molecule has 3 aromatic rings. The van der Waals surface area contributed by atoms with Crippen molar-refractivity contribution in [1.29, 1.82) is 0 Å². The summed E-state index contributed by atoms with van der Waals surface area (Å²) in [6, 6.07) is 29.3. The van der Waals surface area contributed by atoms with Crippen LogP contribution in [0.15, 0.2) is 84.9 Å². The van der Waals surface area contributed by atoms with Gasteiger partial charge in [-0.15, -0.1) is 0 Å². The third-order valence-corrected chi connectivity index (χ3v) is 7.14. The Labute approximate surface area is 189 Å². The molecular formula is C28H34O2Si. The highest BCUT2D eigenvalue weighted by molar-refractivity contribution is 6.32. The van der Waals surface area contributed by atoms with E-state index in [0.717, 1.165) is 43.1 Å². The second-order valence-corrected chi connectivity index (χ2v) is 12.1. The summed E-state index contributed by atoms with van der Waals surface area (Å²) in [6.45, 7) is 6.82. The van der Waals surface area contributed by atoms with E-state index in [4.69, 9.17) is 4.43 Å². The fourth-order valence-electron chi connectivity index (χ4n) is 4.01. The number of unbranched alkanes of at least 4 members (excludes halogenated alkanes) is 1. The van der Waals surface area contributed by atoms with Gasteiger partial charge in [0.25, 0.3) is 0 Å². The molecule has 0 fully saturated rings. The molecule has 0 spiro atoms. The number of benzene rings is 3. The molecule has 0 heterocycles. The molecule has 0 N–H and O–H groups in total. The fourth-order valence-corrected chi connectivity index (χ4v) is 5.17. The van der Waals surface area contributed by atoms with E-state index in [9.17, 15) is 4.79 Å². The van der Waals surface area contributed by atoms with Crippen LogP contribution >= 0.6 is 0 Å². The Kier molecular flexibility index (Phi) is 8.00. The van der Waals surface area contributed by atoms with Crippen LogP contribution in [0.2, 0.25) is 5.04 Å². The monoisotopic (exact) mass is 430 g/mol. The third kappa shape index (κ3) is 6.25. The van der Waals surface area contributed by atoms with E-state index in [1.54, 1.807) is 0 Å².